The number of hydrogen-bond donors (Lipinski definition) is 0. The zero-order valence-electron chi connectivity index (χ0n) is 15.8. The number of nitrogens with zero attached hydrogens (tertiary/aromatic N) is 2. The summed E-state index contributed by atoms with van der Waals surface area (Å²) in [4.78, 5) is 20.6. The van der Waals surface area contributed by atoms with E-state index < -0.39 is 0 Å². The molecule has 1 amide bonds. The molecule has 3 aromatic rings. The summed E-state index contributed by atoms with van der Waals surface area (Å²) in [5.74, 6) is 1.28. The molecule has 2 heterocycles. The Balaban J connectivity index is 1.77. The van der Waals surface area contributed by atoms with Gasteiger partial charge in [0.25, 0.3) is 5.91 Å². The van der Waals surface area contributed by atoms with Crippen molar-refractivity contribution in [3.05, 3.63) is 87.7 Å². The minimum Gasteiger partial charge on any atom is -0.494 e. The molecule has 4 nitrogen and oxygen atoms in total. The van der Waals surface area contributed by atoms with Crippen LogP contribution in [0.5, 0.6) is 5.75 Å². The van der Waals surface area contributed by atoms with Crippen molar-refractivity contribution in [2.45, 2.75) is 13.8 Å². The lowest BCUT2D eigenvalue weighted by Gasteiger charge is -2.19. The predicted octanol–water partition coefficient (Wildman–Crippen LogP) is 5.29. The summed E-state index contributed by atoms with van der Waals surface area (Å²) in [6.45, 7) is 4.59. The molecule has 0 N–H and O–H groups in total. The number of rotatable bonds is 5. The Bertz CT molecular complexity index is 1030. The van der Waals surface area contributed by atoms with E-state index in [2.05, 4.69) is 4.99 Å². The summed E-state index contributed by atoms with van der Waals surface area (Å²) in [7, 11) is 0. The molecule has 0 aliphatic carbocycles. The highest BCUT2D eigenvalue weighted by atomic mass is 32.1. The second-order valence-electron chi connectivity index (χ2n) is 6.41. The molecule has 5 heteroatoms. The summed E-state index contributed by atoms with van der Waals surface area (Å²) in [5, 5.41) is 1.99. The van der Waals surface area contributed by atoms with Gasteiger partial charge in [-0.15, -0.1) is 11.3 Å². The molecule has 0 unspecified atom stereocenters. The van der Waals surface area contributed by atoms with Gasteiger partial charge >= 0.3 is 0 Å². The Morgan fingerprint density at radius 3 is 2.46 bits per heavy atom. The van der Waals surface area contributed by atoms with Crippen molar-refractivity contribution in [3.8, 4) is 5.75 Å². The molecular weight excluding hydrogens is 368 g/mol. The van der Waals surface area contributed by atoms with Crippen molar-refractivity contribution in [1.29, 1.82) is 0 Å². The fraction of sp³-hybridized carbons (Fsp3) is 0.130. The van der Waals surface area contributed by atoms with Gasteiger partial charge in [0.2, 0.25) is 0 Å². The first-order valence-electron chi connectivity index (χ1n) is 9.14. The molecule has 0 radical (unpaired) electrons. The van der Waals surface area contributed by atoms with Gasteiger partial charge in [0, 0.05) is 10.4 Å². The molecular formula is C23H20N2O2S. The topological polar surface area (TPSA) is 41.9 Å². The van der Waals surface area contributed by atoms with Crippen molar-refractivity contribution < 1.29 is 9.53 Å². The van der Waals surface area contributed by atoms with Crippen LogP contribution in [0, 0.1) is 6.92 Å². The zero-order valence-corrected chi connectivity index (χ0v) is 16.6. The average molecular weight is 388 g/mol. The summed E-state index contributed by atoms with van der Waals surface area (Å²) in [6.07, 6.45) is 1.84. The molecule has 0 fully saturated rings. The van der Waals surface area contributed by atoms with E-state index >= 15 is 0 Å². The lowest BCUT2D eigenvalue weighted by molar-refractivity contribution is -0.113. The van der Waals surface area contributed by atoms with Crippen LogP contribution in [0.2, 0.25) is 0 Å². The third kappa shape index (κ3) is 3.62. The van der Waals surface area contributed by atoms with Crippen molar-refractivity contribution in [1.82, 2.24) is 0 Å². The predicted molar refractivity (Wildman–Crippen MR) is 115 cm³/mol. The van der Waals surface area contributed by atoms with Gasteiger partial charge in [-0.3, -0.25) is 9.69 Å². The normalized spacial score (nSPS) is 15.2. The highest BCUT2D eigenvalue weighted by Gasteiger charge is 2.32. The molecule has 0 bridgehead atoms. The van der Waals surface area contributed by atoms with Crippen LogP contribution < -0.4 is 9.64 Å². The molecule has 0 saturated heterocycles. The molecule has 0 saturated carbocycles. The quantitative estimate of drug-likeness (QED) is 0.557. The third-order valence-corrected chi connectivity index (χ3v) is 5.22. The van der Waals surface area contributed by atoms with Gasteiger partial charge in [-0.25, -0.2) is 4.99 Å². The van der Waals surface area contributed by atoms with Crippen molar-refractivity contribution in [2.24, 2.45) is 4.99 Å². The molecule has 1 aliphatic heterocycles. The average Bonchev–Trinajstić information content (AvgIpc) is 3.32. The van der Waals surface area contributed by atoms with Gasteiger partial charge in [-0.2, -0.15) is 0 Å². The number of anilines is 1. The number of aryl methyl sites for hydroxylation is 1. The van der Waals surface area contributed by atoms with Crippen LogP contribution >= 0.6 is 11.3 Å². The number of carbonyl (C=O) groups excluding carboxylic acids is 1. The van der Waals surface area contributed by atoms with Crippen LogP contribution in [0.15, 0.2) is 76.7 Å². The van der Waals surface area contributed by atoms with E-state index in [1.165, 1.54) is 0 Å². The molecule has 4 rings (SSSR count). The summed E-state index contributed by atoms with van der Waals surface area (Å²) in [6, 6.07) is 19.5. The van der Waals surface area contributed by atoms with Crippen molar-refractivity contribution in [2.75, 3.05) is 11.5 Å². The lowest BCUT2D eigenvalue weighted by Crippen LogP contribution is -2.32. The number of carbonyl (C=O) groups is 1. The SMILES string of the molecule is CCOc1ccc(N2C(=O)/C(=C\c3cccs3)N=C2c2ccc(C)cc2)cc1. The lowest BCUT2D eigenvalue weighted by atomic mass is 10.1. The maximum absolute atomic E-state index is 13.2. The molecule has 1 aliphatic rings. The Morgan fingerprint density at radius 2 is 1.82 bits per heavy atom. The van der Waals surface area contributed by atoms with Crippen LogP contribution in [0.1, 0.15) is 22.9 Å². The second-order valence-corrected chi connectivity index (χ2v) is 7.39. The monoisotopic (exact) mass is 388 g/mol. The van der Waals surface area contributed by atoms with Gasteiger partial charge in [0.15, 0.2) is 0 Å². The van der Waals surface area contributed by atoms with Crippen LogP contribution in [0.4, 0.5) is 5.69 Å². The van der Waals surface area contributed by atoms with E-state index in [1.807, 2.05) is 86.0 Å². The molecule has 0 spiro atoms. The summed E-state index contributed by atoms with van der Waals surface area (Å²) >= 11 is 1.58. The Labute approximate surface area is 168 Å². The Kier molecular flexibility index (Phi) is 5.08. The smallest absolute Gasteiger partial charge is 0.282 e. The Morgan fingerprint density at radius 1 is 1.07 bits per heavy atom. The van der Waals surface area contributed by atoms with E-state index in [9.17, 15) is 4.79 Å². The first-order chi connectivity index (χ1) is 13.7. The number of hydrogen-bond acceptors (Lipinski definition) is 4. The fourth-order valence-electron chi connectivity index (χ4n) is 3.02. The standard InChI is InChI=1S/C23H20N2O2S/c1-3-27-19-12-10-18(11-13-19)25-22(17-8-6-16(2)7-9-17)24-21(23(25)26)15-20-5-4-14-28-20/h4-15H,3H2,1-2H3/b21-15+. The molecule has 2 aromatic carbocycles. The first-order valence-corrected chi connectivity index (χ1v) is 10.0. The molecule has 28 heavy (non-hydrogen) atoms. The van der Waals surface area contributed by atoms with E-state index in [1.54, 1.807) is 16.2 Å². The Hall–Kier alpha value is -3.18. The third-order valence-electron chi connectivity index (χ3n) is 4.40. The first kappa shape index (κ1) is 18.2. The van der Waals surface area contributed by atoms with Gasteiger partial charge in [0.05, 0.1) is 12.3 Å². The highest BCUT2D eigenvalue weighted by Crippen LogP contribution is 2.30. The second kappa shape index (κ2) is 7.82. The summed E-state index contributed by atoms with van der Waals surface area (Å²) in [5.41, 5.74) is 3.27. The number of amidine groups is 1. The number of benzene rings is 2. The number of thiophene rings is 1. The van der Waals surface area contributed by atoms with Crippen LogP contribution in [-0.4, -0.2) is 18.3 Å². The van der Waals surface area contributed by atoms with Gasteiger partial charge in [-0.05, 0) is 55.6 Å². The van der Waals surface area contributed by atoms with Gasteiger partial charge < -0.3 is 4.74 Å². The van der Waals surface area contributed by atoms with Crippen LogP contribution in [0.3, 0.4) is 0 Å². The van der Waals surface area contributed by atoms with Crippen LogP contribution in [0.25, 0.3) is 6.08 Å². The molecule has 1 aromatic heterocycles. The zero-order chi connectivity index (χ0) is 19.5. The maximum atomic E-state index is 13.2. The number of ether oxygens (including phenoxy) is 1. The summed E-state index contributed by atoms with van der Waals surface area (Å²) < 4.78 is 5.52. The van der Waals surface area contributed by atoms with E-state index in [4.69, 9.17) is 4.74 Å². The fourth-order valence-corrected chi connectivity index (χ4v) is 3.67. The van der Waals surface area contributed by atoms with E-state index in [-0.39, 0.29) is 5.91 Å². The van der Waals surface area contributed by atoms with Gasteiger partial charge in [0.1, 0.15) is 17.3 Å². The largest absolute Gasteiger partial charge is 0.494 e. The minimum atomic E-state index is -0.131. The van der Waals surface area contributed by atoms with E-state index in [0.717, 1.165) is 27.4 Å². The van der Waals surface area contributed by atoms with Crippen LogP contribution in [-0.2, 0) is 4.79 Å². The molecule has 0 atom stereocenters. The molecule has 140 valence electrons. The minimum absolute atomic E-state index is 0.131. The van der Waals surface area contributed by atoms with Gasteiger partial charge in [-0.1, -0.05) is 35.9 Å². The van der Waals surface area contributed by atoms with Crippen molar-refractivity contribution >= 4 is 34.8 Å². The number of amides is 1. The van der Waals surface area contributed by atoms with E-state index in [0.29, 0.717) is 18.1 Å². The number of aliphatic imine (C=N–C) groups is 1. The van der Waals surface area contributed by atoms with Crippen molar-refractivity contribution in [3.63, 3.8) is 0 Å². The highest BCUT2D eigenvalue weighted by molar-refractivity contribution is 7.10. The maximum Gasteiger partial charge on any atom is 0.282 e.